The van der Waals surface area contributed by atoms with E-state index in [0.717, 1.165) is 18.4 Å². The second-order valence-electron chi connectivity index (χ2n) is 8.52. The highest BCUT2D eigenvalue weighted by Gasteiger charge is 2.34. The number of sulfone groups is 1. The summed E-state index contributed by atoms with van der Waals surface area (Å²) in [6, 6.07) is 14.9. The number of amides is 1. The minimum absolute atomic E-state index is 0.0315. The van der Waals surface area contributed by atoms with Gasteiger partial charge in [-0.1, -0.05) is 42.5 Å². The van der Waals surface area contributed by atoms with Crippen molar-refractivity contribution in [1.82, 2.24) is 14.5 Å². The molecule has 0 radical (unpaired) electrons. The van der Waals surface area contributed by atoms with Crippen LogP contribution < -0.4 is 0 Å². The van der Waals surface area contributed by atoms with Crippen LogP contribution in [-0.4, -0.2) is 49.0 Å². The van der Waals surface area contributed by atoms with Crippen LogP contribution in [-0.2, 0) is 38.2 Å². The van der Waals surface area contributed by atoms with Gasteiger partial charge in [-0.05, 0) is 36.1 Å². The van der Waals surface area contributed by atoms with Crippen LogP contribution in [0.15, 0.2) is 66.0 Å². The van der Waals surface area contributed by atoms with Crippen molar-refractivity contribution in [2.75, 3.05) is 20.3 Å². The molecule has 0 saturated heterocycles. The van der Waals surface area contributed by atoms with Crippen molar-refractivity contribution in [2.24, 2.45) is 5.92 Å². The molecule has 180 valence electrons. The number of carbonyl (C=O) groups is 1. The fourth-order valence-corrected chi connectivity index (χ4v) is 5.31. The van der Waals surface area contributed by atoms with Gasteiger partial charge in [0.2, 0.25) is 20.9 Å². The number of rotatable bonds is 11. The minimum Gasteiger partial charge on any atom is -0.383 e. The van der Waals surface area contributed by atoms with Crippen molar-refractivity contribution in [2.45, 2.75) is 36.8 Å². The number of halogens is 1. The Bertz CT molecular complexity index is 1220. The Morgan fingerprint density at radius 1 is 1.12 bits per heavy atom. The summed E-state index contributed by atoms with van der Waals surface area (Å²) in [6.45, 7) is 1.34. The van der Waals surface area contributed by atoms with E-state index in [1.165, 1.54) is 30.5 Å². The monoisotopic (exact) mass is 485 g/mol. The van der Waals surface area contributed by atoms with Gasteiger partial charge in [-0.3, -0.25) is 4.79 Å². The van der Waals surface area contributed by atoms with Gasteiger partial charge in [0.25, 0.3) is 0 Å². The smallest absolute Gasteiger partial charge is 0.228 e. The lowest BCUT2D eigenvalue weighted by atomic mass is 10.2. The molecular formula is C25H28FN3O4S. The molecule has 0 unspecified atom stereocenters. The number of carbonyl (C=O) groups excluding carboxylic acids is 1. The summed E-state index contributed by atoms with van der Waals surface area (Å²) in [5.41, 5.74) is 2.02. The number of aromatic nitrogens is 2. The predicted octanol–water partition coefficient (Wildman–Crippen LogP) is 3.43. The number of ether oxygens (including phenoxy) is 1. The molecule has 1 aliphatic carbocycles. The molecule has 1 saturated carbocycles. The third-order valence-electron chi connectivity index (χ3n) is 5.79. The third-order valence-corrected chi connectivity index (χ3v) is 7.39. The maximum atomic E-state index is 13.3. The van der Waals surface area contributed by atoms with Gasteiger partial charge in [-0.15, -0.1) is 0 Å². The number of methoxy groups -OCH3 is 1. The van der Waals surface area contributed by atoms with E-state index < -0.39 is 15.7 Å². The van der Waals surface area contributed by atoms with Crippen molar-refractivity contribution < 1.29 is 22.3 Å². The molecule has 3 aromatic rings. The molecule has 0 spiro atoms. The number of nitrogens with zero attached hydrogens (tertiary/aromatic N) is 3. The molecule has 1 aliphatic rings. The lowest BCUT2D eigenvalue weighted by Crippen LogP contribution is -2.35. The van der Waals surface area contributed by atoms with Crippen molar-refractivity contribution >= 4 is 15.7 Å². The van der Waals surface area contributed by atoms with Gasteiger partial charge in [0, 0.05) is 19.6 Å². The maximum Gasteiger partial charge on any atom is 0.228 e. The lowest BCUT2D eigenvalue weighted by Gasteiger charge is -2.23. The third kappa shape index (κ3) is 5.90. The van der Waals surface area contributed by atoms with Gasteiger partial charge in [-0.25, -0.2) is 17.8 Å². The summed E-state index contributed by atoms with van der Waals surface area (Å²) >= 11 is 0. The average Bonchev–Trinajstić information content (AvgIpc) is 3.60. The van der Waals surface area contributed by atoms with Crippen LogP contribution in [0, 0.1) is 11.7 Å². The Hall–Kier alpha value is -3.04. The summed E-state index contributed by atoms with van der Waals surface area (Å²) in [4.78, 5) is 18.9. The number of hydrogen-bond acceptors (Lipinski definition) is 5. The molecule has 1 amide bonds. The van der Waals surface area contributed by atoms with Crippen LogP contribution in [0.1, 0.15) is 29.7 Å². The topological polar surface area (TPSA) is 81.5 Å². The number of hydrogen-bond donors (Lipinski definition) is 0. The van der Waals surface area contributed by atoms with Gasteiger partial charge < -0.3 is 14.2 Å². The Morgan fingerprint density at radius 3 is 2.47 bits per heavy atom. The zero-order valence-corrected chi connectivity index (χ0v) is 19.9. The molecule has 0 aliphatic heterocycles. The van der Waals surface area contributed by atoms with Crippen LogP contribution >= 0.6 is 0 Å². The molecule has 2 aromatic carbocycles. The summed E-state index contributed by atoms with van der Waals surface area (Å²) in [5.74, 6) is -0.637. The maximum absolute atomic E-state index is 13.3. The Labute approximate surface area is 199 Å². The normalized spacial score (nSPS) is 13.7. The first kappa shape index (κ1) is 24.1. The number of benzene rings is 2. The predicted molar refractivity (Wildman–Crippen MR) is 125 cm³/mol. The highest BCUT2D eigenvalue weighted by atomic mass is 32.2. The fourth-order valence-electron chi connectivity index (χ4n) is 3.82. The van der Waals surface area contributed by atoms with E-state index in [9.17, 15) is 17.6 Å². The molecule has 1 fully saturated rings. The van der Waals surface area contributed by atoms with E-state index in [2.05, 4.69) is 4.98 Å². The van der Waals surface area contributed by atoms with Crippen LogP contribution in [0.3, 0.4) is 0 Å². The van der Waals surface area contributed by atoms with E-state index in [1.807, 2.05) is 30.3 Å². The van der Waals surface area contributed by atoms with Crippen molar-refractivity contribution in [1.29, 1.82) is 0 Å². The molecular weight excluding hydrogens is 457 g/mol. The van der Waals surface area contributed by atoms with E-state index in [4.69, 9.17) is 4.74 Å². The van der Waals surface area contributed by atoms with E-state index in [0.29, 0.717) is 31.0 Å². The van der Waals surface area contributed by atoms with E-state index in [1.54, 1.807) is 16.6 Å². The molecule has 4 rings (SSSR count). The highest BCUT2D eigenvalue weighted by Crippen LogP contribution is 2.31. The van der Waals surface area contributed by atoms with Gasteiger partial charge in [0.15, 0.2) is 0 Å². The van der Waals surface area contributed by atoms with Crippen molar-refractivity contribution in [3.63, 3.8) is 0 Å². The molecule has 0 N–H and O–H groups in total. The van der Waals surface area contributed by atoms with Crippen LogP contribution in [0.4, 0.5) is 4.39 Å². The first-order chi connectivity index (χ1) is 16.4. The summed E-state index contributed by atoms with van der Waals surface area (Å²) in [7, 11) is -2.25. The first-order valence-corrected chi connectivity index (χ1v) is 12.9. The molecule has 1 aromatic heterocycles. The quantitative estimate of drug-likeness (QED) is 0.416. The van der Waals surface area contributed by atoms with Gasteiger partial charge in [-0.2, -0.15) is 0 Å². The molecule has 7 nitrogen and oxygen atoms in total. The highest BCUT2D eigenvalue weighted by molar-refractivity contribution is 7.90. The van der Waals surface area contributed by atoms with Gasteiger partial charge in [0.05, 0.1) is 37.3 Å². The molecule has 1 heterocycles. The summed E-state index contributed by atoms with van der Waals surface area (Å²) in [5, 5.41) is -0.0683. The fraction of sp³-hybridized carbons (Fsp3) is 0.360. The Morgan fingerprint density at radius 2 is 1.82 bits per heavy atom. The van der Waals surface area contributed by atoms with Crippen molar-refractivity contribution in [3.8, 4) is 0 Å². The van der Waals surface area contributed by atoms with Crippen LogP contribution in [0.25, 0.3) is 0 Å². The summed E-state index contributed by atoms with van der Waals surface area (Å²) in [6.07, 6.45) is 3.28. The summed E-state index contributed by atoms with van der Waals surface area (Å²) < 4.78 is 46.8. The molecule has 0 atom stereocenters. The Balaban J connectivity index is 1.67. The average molecular weight is 486 g/mol. The zero-order valence-electron chi connectivity index (χ0n) is 19.1. The number of imidazole rings is 1. The van der Waals surface area contributed by atoms with E-state index >= 15 is 0 Å². The van der Waals surface area contributed by atoms with Crippen LogP contribution in [0.5, 0.6) is 0 Å². The van der Waals surface area contributed by atoms with Gasteiger partial charge >= 0.3 is 0 Å². The van der Waals surface area contributed by atoms with Gasteiger partial charge in [0.1, 0.15) is 5.82 Å². The molecule has 0 bridgehead atoms. The Kier molecular flexibility index (Phi) is 7.43. The SMILES string of the molecule is COCCN(Cc1cnc(S(=O)(=O)Cc2ccc(F)cc2)n1Cc1ccccc1)C(=O)C1CC1. The zero-order chi connectivity index (χ0) is 24.1. The minimum atomic E-state index is -3.83. The molecule has 34 heavy (non-hydrogen) atoms. The standard InChI is InChI=1S/C25H28FN3O4S/c1-33-14-13-28(24(30)21-9-10-21)17-23-15-27-25(29(23)16-19-5-3-2-4-6-19)34(31,32)18-20-7-11-22(26)12-8-20/h2-8,11-12,15,21H,9-10,13-14,16-18H2,1H3. The second-order valence-corrected chi connectivity index (χ2v) is 10.4. The van der Waals surface area contributed by atoms with Crippen molar-refractivity contribution in [3.05, 3.63) is 83.4 Å². The lowest BCUT2D eigenvalue weighted by molar-refractivity contribution is -0.133. The first-order valence-electron chi connectivity index (χ1n) is 11.2. The second kappa shape index (κ2) is 10.5. The molecule has 9 heteroatoms. The van der Waals surface area contributed by atoms with E-state index in [-0.39, 0.29) is 29.3 Å². The largest absolute Gasteiger partial charge is 0.383 e. The van der Waals surface area contributed by atoms with Crippen LogP contribution in [0.2, 0.25) is 0 Å².